The normalized spacial score (nSPS) is 12.0. The van der Waals surface area contributed by atoms with E-state index >= 15 is 0 Å². The number of halogens is 4. The zero-order valence-electron chi connectivity index (χ0n) is 20.5. The van der Waals surface area contributed by atoms with Crippen LogP contribution in [-0.2, 0) is 9.59 Å². The average molecular weight is 549 g/mol. The summed E-state index contributed by atoms with van der Waals surface area (Å²) in [6, 6.07) is 27.6. The van der Waals surface area contributed by atoms with Gasteiger partial charge in [0.25, 0.3) is 0 Å². The number of nitrogens with zero attached hydrogens (tertiary/aromatic N) is 4. The Labute approximate surface area is 225 Å². The van der Waals surface area contributed by atoms with Crippen LogP contribution in [0.15, 0.2) is 130 Å². The molecule has 4 aromatic rings. The molecule has 0 saturated carbocycles. The molecule has 0 aliphatic carbocycles. The van der Waals surface area contributed by atoms with Crippen LogP contribution < -0.4 is 10.6 Å². The number of benzene rings is 4. The lowest BCUT2D eigenvalue weighted by atomic mass is 10.1. The number of carbonyl (C=O) groups excluding carboxylic acids is 2. The monoisotopic (exact) mass is 548 g/mol. The van der Waals surface area contributed by atoms with E-state index < -0.39 is 23.7 Å². The molecule has 202 valence electrons. The third kappa shape index (κ3) is 6.78. The Kier molecular flexibility index (Phi) is 8.38. The summed E-state index contributed by atoms with van der Waals surface area (Å²) in [7, 11) is 0. The van der Waals surface area contributed by atoms with Crippen LogP contribution in [0.2, 0.25) is 0 Å². The lowest BCUT2D eigenvalue weighted by Crippen LogP contribution is -2.56. The fourth-order valence-corrected chi connectivity index (χ4v) is 3.15. The fourth-order valence-electron chi connectivity index (χ4n) is 3.15. The van der Waals surface area contributed by atoms with Gasteiger partial charge in [-0.15, -0.1) is 0 Å². The van der Waals surface area contributed by atoms with E-state index in [9.17, 15) is 27.2 Å². The van der Waals surface area contributed by atoms with Gasteiger partial charge < -0.3 is 10.6 Å². The van der Waals surface area contributed by atoms with E-state index in [1.807, 2.05) is 0 Å². The zero-order chi connectivity index (χ0) is 28.6. The summed E-state index contributed by atoms with van der Waals surface area (Å²) in [6.45, 7) is 0. The van der Waals surface area contributed by atoms with Crippen LogP contribution in [0.3, 0.4) is 0 Å². The van der Waals surface area contributed by atoms with Gasteiger partial charge in [0.15, 0.2) is 0 Å². The van der Waals surface area contributed by atoms with Gasteiger partial charge in [-0.2, -0.15) is 38.0 Å². The van der Waals surface area contributed by atoms with Crippen molar-refractivity contribution in [3.8, 4) is 0 Å². The minimum atomic E-state index is -5.37. The second kappa shape index (κ2) is 12.1. The number of anilines is 2. The van der Waals surface area contributed by atoms with Crippen LogP contribution in [0.4, 0.5) is 51.7 Å². The SMILES string of the molecule is O=C(Nc1ccc(N=Nc2ccccc2)cc1)C(F)(F)C(F)(F)C(=O)Nc1ccc(N=Nc2ccccc2)cc1. The van der Waals surface area contributed by atoms with E-state index in [0.717, 1.165) is 0 Å². The van der Waals surface area contributed by atoms with Crippen LogP contribution in [0.25, 0.3) is 0 Å². The Morgan fingerprint density at radius 1 is 0.450 bits per heavy atom. The Morgan fingerprint density at radius 2 is 0.725 bits per heavy atom. The minimum absolute atomic E-state index is 0.209. The summed E-state index contributed by atoms with van der Waals surface area (Å²) in [5, 5.41) is 19.3. The minimum Gasteiger partial charge on any atom is -0.321 e. The number of hydrogen-bond donors (Lipinski definition) is 2. The van der Waals surface area contributed by atoms with E-state index in [1.165, 1.54) is 48.5 Å². The maximum absolute atomic E-state index is 14.5. The molecule has 0 aliphatic rings. The molecule has 0 heterocycles. The number of nitrogens with one attached hydrogen (secondary N) is 2. The lowest BCUT2D eigenvalue weighted by molar-refractivity contribution is -0.204. The summed E-state index contributed by atoms with van der Waals surface area (Å²) >= 11 is 0. The molecule has 0 aliphatic heterocycles. The van der Waals surface area contributed by atoms with Crippen LogP contribution in [0.1, 0.15) is 0 Å². The van der Waals surface area contributed by atoms with Gasteiger partial charge >= 0.3 is 23.7 Å². The second-order valence-electron chi connectivity index (χ2n) is 8.22. The molecule has 40 heavy (non-hydrogen) atoms. The van der Waals surface area contributed by atoms with E-state index in [-0.39, 0.29) is 11.4 Å². The topological polar surface area (TPSA) is 108 Å². The summed E-state index contributed by atoms with van der Waals surface area (Å²) in [4.78, 5) is 24.2. The molecule has 4 aromatic carbocycles. The molecule has 0 spiro atoms. The highest BCUT2D eigenvalue weighted by molar-refractivity contribution is 6.05. The zero-order valence-corrected chi connectivity index (χ0v) is 20.5. The first-order valence-corrected chi connectivity index (χ1v) is 11.7. The summed E-state index contributed by atoms with van der Waals surface area (Å²) in [6.07, 6.45) is 0. The van der Waals surface area contributed by atoms with Gasteiger partial charge in [-0.3, -0.25) is 9.59 Å². The third-order valence-corrected chi connectivity index (χ3v) is 5.29. The molecule has 0 fully saturated rings. The number of azo groups is 2. The predicted molar refractivity (Wildman–Crippen MR) is 141 cm³/mol. The first-order chi connectivity index (χ1) is 19.1. The Hall–Kier alpha value is -5.26. The molecule has 2 amide bonds. The van der Waals surface area contributed by atoms with Crippen LogP contribution in [-0.4, -0.2) is 23.7 Å². The highest BCUT2D eigenvalue weighted by Crippen LogP contribution is 2.37. The smallest absolute Gasteiger partial charge is 0.321 e. The molecule has 4 rings (SSSR count). The molecule has 12 heteroatoms. The van der Waals surface area contributed by atoms with E-state index in [2.05, 4.69) is 20.5 Å². The molecule has 0 saturated heterocycles. The maximum Gasteiger partial charge on any atom is 0.396 e. The highest BCUT2D eigenvalue weighted by Gasteiger charge is 2.67. The first-order valence-electron chi connectivity index (χ1n) is 11.7. The van der Waals surface area contributed by atoms with Crippen molar-refractivity contribution in [1.29, 1.82) is 0 Å². The van der Waals surface area contributed by atoms with E-state index in [4.69, 9.17) is 0 Å². The van der Waals surface area contributed by atoms with Crippen molar-refractivity contribution in [2.24, 2.45) is 20.5 Å². The van der Waals surface area contributed by atoms with Crippen molar-refractivity contribution in [2.45, 2.75) is 11.8 Å². The van der Waals surface area contributed by atoms with Gasteiger partial charge in [0.2, 0.25) is 0 Å². The van der Waals surface area contributed by atoms with Crippen molar-refractivity contribution in [3.63, 3.8) is 0 Å². The largest absolute Gasteiger partial charge is 0.396 e. The Morgan fingerprint density at radius 3 is 1.02 bits per heavy atom. The molecule has 0 radical (unpaired) electrons. The number of rotatable bonds is 9. The second-order valence-corrected chi connectivity index (χ2v) is 8.22. The van der Waals surface area contributed by atoms with Crippen molar-refractivity contribution in [3.05, 3.63) is 109 Å². The molecular weight excluding hydrogens is 528 g/mol. The standard InChI is InChI=1S/C28H20F4N6O2/c29-27(30,25(39)33-19-11-15-23(16-12-19)37-35-21-7-3-1-4-8-21)28(31,32)26(40)34-20-13-17-24(18-14-20)38-36-22-9-5-2-6-10-22/h1-18H,(H,33,39)(H,34,40). The fraction of sp³-hybridized carbons (Fsp3) is 0.0714. The summed E-state index contributed by atoms with van der Waals surface area (Å²) in [5.41, 5.74) is 1.38. The van der Waals surface area contributed by atoms with Crippen LogP contribution in [0, 0.1) is 0 Å². The predicted octanol–water partition coefficient (Wildman–Crippen LogP) is 8.37. The van der Waals surface area contributed by atoms with Gasteiger partial charge in [-0.05, 0) is 72.8 Å². The molecular formula is C28H20F4N6O2. The van der Waals surface area contributed by atoms with Crippen molar-refractivity contribution in [2.75, 3.05) is 10.6 Å². The van der Waals surface area contributed by atoms with E-state index in [1.54, 1.807) is 71.3 Å². The number of hydrogen-bond acceptors (Lipinski definition) is 6. The summed E-state index contributed by atoms with van der Waals surface area (Å²) in [5.74, 6) is -15.5. The number of alkyl halides is 4. The van der Waals surface area contributed by atoms with Gasteiger partial charge in [-0.25, -0.2) is 0 Å². The average Bonchev–Trinajstić information content (AvgIpc) is 2.97. The number of amides is 2. The molecule has 0 atom stereocenters. The van der Waals surface area contributed by atoms with Gasteiger partial charge in [0, 0.05) is 11.4 Å². The molecule has 0 aromatic heterocycles. The van der Waals surface area contributed by atoms with Crippen molar-refractivity contribution in [1.82, 2.24) is 0 Å². The highest BCUT2D eigenvalue weighted by atomic mass is 19.3. The van der Waals surface area contributed by atoms with Gasteiger partial charge in [0.05, 0.1) is 22.7 Å². The molecule has 8 nitrogen and oxygen atoms in total. The lowest BCUT2D eigenvalue weighted by Gasteiger charge is -2.24. The molecule has 0 unspecified atom stereocenters. The quantitative estimate of drug-likeness (QED) is 0.162. The molecule has 0 bridgehead atoms. The Balaban J connectivity index is 1.36. The van der Waals surface area contributed by atoms with Gasteiger partial charge in [0.1, 0.15) is 0 Å². The first kappa shape index (κ1) is 27.8. The molecule has 2 N–H and O–H groups in total. The Bertz CT molecular complexity index is 1400. The van der Waals surface area contributed by atoms with Gasteiger partial charge in [-0.1, -0.05) is 36.4 Å². The van der Waals surface area contributed by atoms with Crippen molar-refractivity contribution < 1.29 is 27.2 Å². The maximum atomic E-state index is 14.5. The number of carbonyl (C=O) groups is 2. The summed E-state index contributed by atoms with van der Waals surface area (Å²) < 4.78 is 57.9. The van der Waals surface area contributed by atoms with E-state index in [0.29, 0.717) is 22.7 Å². The van der Waals surface area contributed by atoms with Crippen molar-refractivity contribution >= 4 is 45.9 Å². The van der Waals surface area contributed by atoms with Crippen LogP contribution >= 0.6 is 0 Å². The van der Waals surface area contributed by atoms with Crippen LogP contribution in [0.5, 0.6) is 0 Å². The third-order valence-electron chi connectivity index (χ3n) is 5.29.